The molecule has 0 amide bonds. The van der Waals surface area contributed by atoms with Crippen molar-refractivity contribution in [3.05, 3.63) is 192 Å². The van der Waals surface area contributed by atoms with Crippen molar-refractivity contribution in [1.82, 2.24) is 14.5 Å². The van der Waals surface area contributed by atoms with Crippen LogP contribution in [-0.4, -0.2) is 19.6 Å². The lowest BCUT2D eigenvalue weighted by Crippen LogP contribution is -2.10. The van der Waals surface area contributed by atoms with E-state index in [1.807, 2.05) is 88.4 Å². The number of aromatic nitrogens is 3. The van der Waals surface area contributed by atoms with Crippen molar-refractivity contribution in [2.24, 2.45) is 0 Å². The number of pyridine rings is 1. The van der Waals surface area contributed by atoms with E-state index in [1.54, 1.807) is 18.3 Å². The zero-order chi connectivity index (χ0) is 46.7. The summed E-state index contributed by atoms with van der Waals surface area (Å²) in [6.07, 6.45) is 1.80. The largest absolute Gasteiger partial charge is 0.507 e. The molecule has 0 aliphatic heterocycles. The third kappa shape index (κ3) is 7.74. The standard InChI is InChI=1S/C58H53N3O/c1-36(2)43-23-26-53(50(34-43)42-21-24-48(25-22-42)58(6,7)8)61-54-16-12-15-49(55(54)60-57(61)51-30-38(4)29-39(5)56(51)62)46-31-45(40-13-10-9-11-14-40)32-47(33-46)52-35-44(27-28-59-52)41-19-17-37(3)18-20-41/h9-36,62H,1-8H3/i3D3,36D. The molecule has 0 saturated heterocycles. The summed E-state index contributed by atoms with van der Waals surface area (Å²) in [5, 5.41) is 11.9. The quantitative estimate of drug-likeness (QED) is 0.166. The van der Waals surface area contributed by atoms with Gasteiger partial charge >= 0.3 is 0 Å². The monoisotopic (exact) mass is 811 g/mol. The third-order valence-corrected chi connectivity index (χ3v) is 11.9. The first-order valence-electron chi connectivity index (χ1n) is 23.2. The Kier molecular flexibility index (Phi) is 9.27. The first-order chi connectivity index (χ1) is 31.3. The van der Waals surface area contributed by atoms with Gasteiger partial charge in [0.05, 0.1) is 28.0 Å². The zero-order valence-corrected chi connectivity index (χ0v) is 36.4. The van der Waals surface area contributed by atoms with Gasteiger partial charge in [0.2, 0.25) is 0 Å². The Morgan fingerprint density at radius 3 is 2.03 bits per heavy atom. The van der Waals surface area contributed by atoms with Crippen molar-refractivity contribution < 1.29 is 10.6 Å². The van der Waals surface area contributed by atoms with Crippen LogP contribution in [0.3, 0.4) is 0 Å². The highest BCUT2D eigenvalue weighted by molar-refractivity contribution is 5.98. The molecule has 9 aromatic rings. The molecule has 4 nitrogen and oxygen atoms in total. The van der Waals surface area contributed by atoms with Gasteiger partial charge in [-0.05, 0) is 142 Å². The van der Waals surface area contributed by atoms with Gasteiger partial charge in [-0.25, -0.2) is 4.98 Å². The number of hydrogen-bond donors (Lipinski definition) is 1. The van der Waals surface area contributed by atoms with Crippen LogP contribution in [0.25, 0.3) is 83.9 Å². The number of benzene rings is 7. The van der Waals surface area contributed by atoms with Gasteiger partial charge in [-0.15, -0.1) is 0 Å². The van der Waals surface area contributed by atoms with Gasteiger partial charge in [0.1, 0.15) is 11.6 Å². The minimum absolute atomic E-state index is 0.0250. The van der Waals surface area contributed by atoms with Gasteiger partial charge in [-0.2, -0.15) is 0 Å². The highest BCUT2D eigenvalue weighted by Crippen LogP contribution is 2.43. The number of phenolic OH excluding ortho intramolecular Hbond substituents is 1. The summed E-state index contributed by atoms with van der Waals surface area (Å²) in [5.41, 5.74) is 16.7. The summed E-state index contributed by atoms with van der Waals surface area (Å²) in [5.74, 6) is -0.0749. The fraction of sp³-hybridized carbons (Fsp3) is 0.172. The Morgan fingerprint density at radius 2 is 1.31 bits per heavy atom. The summed E-state index contributed by atoms with van der Waals surface area (Å²) in [6, 6.07) is 53.1. The lowest BCUT2D eigenvalue weighted by molar-refractivity contribution is 0.472. The SMILES string of the molecule is [2H]C([2H])([2H])c1ccc(-c2ccnc(-c3cc(-c4ccccc4)cc(-c4cccc5c4nc(-c4cc(C)cc(C)c4O)n5-c4ccc(C([2H])(C)C)cc4-c4ccc(C(C)(C)C)cc4)c3)c2)cc1. The zero-order valence-electron chi connectivity index (χ0n) is 40.4. The van der Waals surface area contributed by atoms with Gasteiger partial charge < -0.3 is 5.11 Å². The molecule has 0 saturated carbocycles. The molecule has 2 heterocycles. The molecule has 2 aromatic heterocycles. The molecule has 0 aliphatic carbocycles. The minimum atomic E-state index is -2.18. The summed E-state index contributed by atoms with van der Waals surface area (Å²) in [6.45, 7) is 12.2. The van der Waals surface area contributed by atoms with E-state index in [0.29, 0.717) is 17.0 Å². The van der Waals surface area contributed by atoms with Crippen LogP contribution >= 0.6 is 0 Å². The maximum Gasteiger partial charge on any atom is 0.149 e. The van der Waals surface area contributed by atoms with E-state index in [4.69, 9.17) is 15.5 Å². The molecule has 4 heteroatoms. The van der Waals surface area contributed by atoms with Crippen molar-refractivity contribution in [2.75, 3.05) is 0 Å². The second-order valence-electron chi connectivity index (χ2n) is 17.7. The number of nitrogens with zero attached hydrogens (tertiary/aromatic N) is 3. The Morgan fingerprint density at radius 1 is 0.597 bits per heavy atom. The lowest BCUT2D eigenvalue weighted by atomic mass is 9.86. The number of hydrogen-bond acceptors (Lipinski definition) is 3. The number of rotatable bonds is 8. The van der Waals surface area contributed by atoms with Gasteiger partial charge in [0.25, 0.3) is 0 Å². The third-order valence-electron chi connectivity index (χ3n) is 11.9. The van der Waals surface area contributed by atoms with Crippen LogP contribution in [0.15, 0.2) is 164 Å². The molecular weight excluding hydrogens is 755 g/mol. The molecule has 0 spiro atoms. The molecule has 306 valence electrons. The van der Waals surface area contributed by atoms with Crippen LogP contribution in [-0.2, 0) is 5.41 Å². The summed E-state index contributed by atoms with van der Waals surface area (Å²) in [7, 11) is 0. The minimum Gasteiger partial charge on any atom is -0.507 e. The molecule has 0 bridgehead atoms. The maximum absolute atomic E-state index is 11.9. The summed E-state index contributed by atoms with van der Waals surface area (Å²) < 4.78 is 34.8. The van der Waals surface area contributed by atoms with E-state index in [2.05, 4.69) is 110 Å². The van der Waals surface area contributed by atoms with Crippen molar-refractivity contribution in [1.29, 1.82) is 0 Å². The van der Waals surface area contributed by atoms with Crippen LogP contribution in [0.4, 0.5) is 0 Å². The number of fused-ring (bicyclic) bond motifs is 1. The molecule has 0 radical (unpaired) electrons. The molecule has 0 fully saturated rings. The molecule has 7 aromatic carbocycles. The van der Waals surface area contributed by atoms with Gasteiger partial charge in [-0.1, -0.05) is 143 Å². The smallest absolute Gasteiger partial charge is 0.149 e. The number of imidazole rings is 1. The van der Waals surface area contributed by atoms with E-state index in [-0.39, 0.29) is 11.2 Å². The molecule has 62 heavy (non-hydrogen) atoms. The molecule has 0 atom stereocenters. The summed E-state index contributed by atoms with van der Waals surface area (Å²) in [4.78, 5) is 10.4. The second kappa shape index (κ2) is 16.1. The first kappa shape index (κ1) is 35.7. The van der Waals surface area contributed by atoms with Gasteiger partial charge in [0, 0.05) is 28.4 Å². The highest BCUT2D eigenvalue weighted by atomic mass is 16.3. The van der Waals surface area contributed by atoms with Crippen LogP contribution < -0.4 is 0 Å². The number of para-hydroxylation sites is 1. The van der Waals surface area contributed by atoms with Crippen LogP contribution in [0, 0.1) is 20.7 Å². The Hall–Kier alpha value is -7.04. The van der Waals surface area contributed by atoms with E-state index in [1.165, 1.54) is 5.56 Å². The van der Waals surface area contributed by atoms with Crippen molar-refractivity contribution in [3.8, 4) is 78.6 Å². The predicted octanol–water partition coefficient (Wildman–Crippen LogP) is 15.5. The van der Waals surface area contributed by atoms with E-state index in [9.17, 15) is 5.11 Å². The molecule has 0 aliphatic rings. The van der Waals surface area contributed by atoms with Gasteiger partial charge in [0.15, 0.2) is 0 Å². The second-order valence-corrected chi connectivity index (χ2v) is 17.7. The van der Waals surface area contributed by atoms with Crippen molar-refractivity contribution in [2.45, 2.75) is 66.6 Å². The Bertz CT molecular complexity index is 3260. The average Bonchev–Trinajstić information content (AvgIpc) is 3.69. The van der Waals surface area contributed by atoms with E-state index < -0.39 is 12.7 Å². The van der Waals surface area contributed by atoms with Crippen LogP contribution in [0.1, 0.15) is 73.8 Å². The Labute approximate surface area is 371 Å². The normalized spacial score (nSPS) is 13.1. The fourth-order valence-corrected chi connectivity index (χ4v) is 8.47. The predicted molar refractivity (Wildman–Crippen MR) is 260 cm³/mol. The molecular formula is C58H53N3O. The number of phenols is 1. The van der Waals surface area contributed by atoms with E-state index in [0.717, 1.165) is 89.2 Å². The average molecular weight is 812 g/mol. The first-order valence-corrected chi connectivity index (χ1v) is 21.2. The van der Waals surface area contributed by atoms with E-state index >= 15 is 0 Å². The maximum atomic E-state index is 11.9. The number of aromatic hydroxyl groups is 1. The van der Waals surface area contributed by atoms with Crippen LogP contribution in [0.5, 0.6) is 5.75 Å². The van der Waals surface area contributed by atoms with Crippen molar-refractivity contribution >= 4 is 11.0 Å². The molecule has 1 N–H and O–H groups in total. The van der Waals surface area contributed by atoms with Crippen LogP contribution in [0.2, 0.25) is 0 Å². The highest BCUT2D eigenvalue weighted by Gasteiger charge is 2.24. The lowest BCUT2D eigenvalue weighted by Gasteiger charge is -2.21. The summed E-state index contributed by atoms with van der Waals surface area (Å²) >= 11 is 0. The molecule has 9 rings (SSSR count). The topological polar surface area (TPSA) is 50.9 Å². The molecule has 0 unspecified atom stereocenters. The Balaban J connectivity index is 1.29. The van der Waals surface area contributed by atoms with Crippen molar-refractivity contribution in [3.63, 3.8) is 0 Å². The fourth-order valence-electron chi connectivity index (χ4n) is 8.47. The van der Waals surface area contributed by atoms with Gasteiger partial charge in [-0.3, -0.25) is 9.55 Å². The number of aryl methyl sites for hydroxylation is 3.